The topological polar surface area (TPSA) is 26.0 Å². The Hall–Kier alpha value is -2.12. The highest BCUT2D eigenvalue weighted by Gasteiger charge is 2.25. The third kappa shape index (κ3) is 2.45. The number of benzene rings is 3. The largest absolute Gasteiger partial charge is 0.318 e. The van der Waals surface area contributed by atoms with Crippen molar-refractivity contribution in [3.05, 3.63) is 83.4 Å². The molecule has 0 aliphatic heterocycles. The molecule has 0 radical (unpaired) electrons. The van der Waals surface area contributed by atoms with Gasteiger partial charge >= 0.3 is 0 Å². The standard InChI is InChI=1S/C20H21N/c1-3-15-11-13-17(14-12-15)20(2,21)19-10-6-8-16-7-4-5-9-18(16)19/h4-14H,3,21H2,1-2H3. The zero-order valence-corrected chi connectivity index (χ0v) is 12.6. The van der Waals surface area contributed by atoms with Crippen molar-refractivity contribution < 1.29 is 0 Å². The van der Waals surface area contributed by atoms with E-state index in [-0.39, 0.29) is 0 Å². The third-order valence-electron chi connectivity index (χ3n) is 4.31. The summed E-state index contributed by atoms with van der Waals surface area (Å²) in [4.78, 5) is 0. The highest BCUT2D eigenvalue weighted by Crippen LogP contribution is 2.32. The first kappa shape index (κ1) is 13.8. The van der Waals surface area contributed by atoms with E-state index in [1.165, 1.54) is 21.9 Å². The zero-order chi connectivity index (χ0) is 14.9. The van der Waals surface area contributed by atoms with Crippen LogP contribution in [0.2, 0.25) is 0 Å². The van der Waals surface area contributed by atoms with Crippen molar-refractivity contribution in [2.24, 2.45) is 5.73 Å². The molecular formula is C20H21N. The van der Waals surface area contributed by atoms with Gasteiger partial charge in [-0.05, 0) is 40.8 Å². The lowest BCUT2D eigenvalue weighted by molar-refractivity contribution is 0.608. The first-order valence-electron chi connectivity index (χ1n) is 7.49. The Balaban J connectivity index is 2.14. The highest BCUT2D eigenvalue weighted by molar-refractivity contribution is 5.87. The summed E-state index contributed by atoms with van der Waals surface area (Å²) in [5, 5.41) is 2.46. The van der Waals surface area contributed by atoms with Gasteiger partial charge in [-0.15, -0.1) is 0 Å². The number of aryl methyl sites for hydroxylation is 1. The monoisotopic (exact) mass is 275 g/mol. The van der Waals surface area contributed by atoms with Gasteiger partial charge in [-0.25, -0.2) is 0 Å². The van der Waals surface area contributed by atoms with Crippen LogP contribution < -0.4 is 5.73 Å². The third-order valence-corrected chi connectivity index (χ3v) is 4.31. The van der Waals surface area contributed by atoms with Gasteiger partial charge in [0, 0.05) is 0 Å². The van der Waals surface area contributed by atoms with E-state index in [9.17, 15) is 0 Å². The van der Waals surface area contributed by atoms with Crippen LogP contribution in [0.3, 0.4) is 0 Å². The Morgan fingerprint density at radius 1 is 0.857 bits per heavy atom. The fraction of sp³-hybridized carbons (Fsp3) is 0.200. The Labute approximate surface area is 126 Å². The van der Waals surface area contributed by atoms with Crippen LogP contribution in [0.15, 0.2) is 66.7 Å². The molecule has 3 aromatic carbocycles. The maximum absolute atomic E-state index is 6.72. The van der Waals surface area contributed by atoms with Crippen LogP contribution in [0.4, 0.5) is 0 Å². The van der Waals surface area contributed by atoms with E-state index in [4.69, 9.17) is 5.73 Å². The Morgan fingerprint density at radius 3 is 2.24 bits per heavy atom. The fourth-order valence-corrected chi connectivity index (χ4v) is 2.92. The van der Waals surface area contributed by atoms with Gasteiger partial charge in [0.15, 0.2) is 0 Å². The van der Waals surface area contributed by atoms with Gasteiger partial charge in [0.2, 0.25) is 0 Å². The number of hydrogen-bond acceptors (Lipinski definition) is 1. The number of hydrogen-bond donors (Lipinski definition) is 1. The van der Waals surface area contributed by atoms with E-state index >= 15 is 0 Å². The van der Waals surface area contributed by atoms with Gasteiger partial charge in [0.05, 0.1) is 5.54 Å². The first-order valence-corrected chi connectivity index (χ1v) is 7.49. The molecule has 3 rings (SSSR count). The van der Waals surface area contributed by atoms with E-state index in [0.717, 1.165) is 12.0 Å². The molecule has 0 saturated heterocycles. The van der Waals surface area contributed by atoms with Crippen LogP contribution in [0.25, 0.3) is 10.8 Å². The van der Waals surface area contributed by atoms with E-state index in [1.807, 2.05) is 0 Å². The smallest absolute Gasteiger partial charge is 0.0642 e. The summed E-state index contributed by atoms with van der Waals surface area (Å²) in [5.41, 5.74) is 9.88. The first-order chi connectivity index (χ1) is 10.1. The van der Waals surface area contributed by atoms with Crippen molar-refractivity contribution in [2.45, 2.75) is 25.8 Å². The Kier molecular flexibility index (Phi) is 3.52. The number of rotatable bonds is 3. The number of nitrogens with two attached hydrogens (primary N) is 1. The molecule has 1 heteroatoms. The minimum absolute atomic E-state index is 0.493. The molecule has 0 heterocycles. The lowest BCUT2D eigenvalue weighted by atomic mass is 9.82. The Morgan fingerprint density at radius 2 is 1.52 bits per heavy atom. The van der Waals surface area contributed by atoms with E-state index in [2.05, 4.69) is 80.6 Å². The van der Waals surface area contributed by atoms with E-state index in [1.54, 1.807) is 0 Å². The van der Waals surface area contributed by atoms with Gasteiger partial charge < -0.3 is 5.73 Å². The number of fused-ring (bicyclic) bond motifs is 1. The van der Waals surface area contributed by atoms with Crippen molar-refractivity contribution in [1.82, 2.24) is 0 Å². The van der Waals surface area contributed by atoms with Crippen molar-refractivity contribution >= 4 is 10.8 Å². The second-order valence-corrected chi connectivity index (χ2v) is 5.78. The van der Waals surface area contributed by atoms with Gasteiger partial charge in [-0.1, -0.05) is 73.7 Å². The van der Waals surface area contributed by atoms with Gasteiger partial charge in [-0.3, -0.25) is 0 Å². The van der Waals surface area contributed by atoms with Crippen molar-refractivity contribution in [1.29, 1.82) is 0 Å². The molecule has 0 aliphatic carbocycles. The predicted molar refractivity (Wildman–Crippen MR) is 90.4 cm³/mol. The van der Waals surface area contributed by atoms with E-state index < -0.39 is 5.54 Å². The molecule has 106 valence electrons. The molecule has 1 atom stereocenters. The molecule has 0 amide bonds. The lowest BCUT2D eigenvalue weighted by Gasteiger charge is -2.27. The summed E-state index contributed by atoms with van der Waals surface area (Å²) in [6.45, 7) is 4.26. The second-order valence-electron chi connectivity index (χ2n) is 5.78. The minimum Gasteiger partial charge on any atom is -0.318 e. The molecule has 21 heavy (non-hydrogen) atoms. The minimum atomic E-state index is -0.493. The van der Waals surface area contributed by atoms with Crippen LogP contribution >= 0.6 is 0 Å². The quantitative estimate of drug-likeness (QED) is 0.741. The fourth-order valence-electron chi connectivity index (χ4n) is 2.92. The van der Waals surface area contributed by atoms with Gasteiger partial charge in [-0.2, -0.15) is 0 Å². The van der Waals surface area contributed by atoms with Crippen molar-refractivity contribution in [3.8, 4) is 0 Å². The summed E-state index contributed by atoms with van der Waals surface area (Å²) in [7, 11) is 0. The summed E-state index contributed by atoms with van der Waals surface area (Å²) in [6, 6.07) is 23.4. The molecule has 0 saturated carbocycles. The second kappa shape index (κ2) is 5.34. The maximum Gasteiger partial charge on any atom is 0.0642 e. The van der Waals surface area contributed by atoms with Gasteiger partial charge in [0.25, 0.3) is 0 Å². The molecule has 1 nitrogen and oxygen atoms in total. The van der Waals surface area contributed by atoms with Crippen molar-refractivity contribution in [3.63, 3.8) is 0 Å². The average Bonchev–Trinajstić information content (AvgIpc) is 2.54. The average molecular weight is 275 g/mol. The molecule has 0 aromatic heterocycles. The molecule has 0 bridgehead atoms. The van der Waals surface area contributed by atoms with Crippen LogP contribution in [0.5, 0.6) is 0 Å². The molecule has 0 spiro atoms. The van der Waals surface area contributed by atoms with Crippen LogP contribution in [0, 0.1) is 0 Å². The van der Waals surface area contributed by atoms with Gasteiger partial charge in [0.1, 0.15) is 0 Å². The Bertz CT molecular complexity index is 749. The van der Waals surface area contributed by atoms with Crippen LogP contribution in [-0.2, 0) is 12.0 Å². The van der Waals surface area contributed by atoms with E-state index in [0.29, 0.717) is 0 Å². The molecule has 3 aromatic rings. The molecular weight excluding hydrogens is 254 g/mol. The zero-order valence-electron chi connectivity index (χ0n) is 12.6. The maximum atomic E-state index is 6.72. The predicted octanol–water partition coefficient (Wildman–Crippen LogP) is 4.62. The normalized spacial score (nSPS) is 14.0. The summed E-state index contributed by atoms with van der Waals surface area (Å²) >= 11 is 0. The summed E-state index contributed by atoms with van der Waals surface area (Å²) in [6.07, 6.45) is 1.05. The molecule has 1 unspecified atom stereocenters. The summed E-state index contributed by atoms with van der Waals surface area (Å²) in [5.74, 6) is 0. The summed E-state index contributed by atoms with van der Waals surface area (Å²) < 4.78 is 0. The SMILES string of the molecule is CCc1ccc(C(C)(N)c2cccc3ccccc23)cc1. The van der Waals surface area contributed by atoms with Crippen LogP contribution in [-0.4, -0.2) is 0 Å². The molecule has 0 aliphatic rings. The van der Waals surface area contributed by atoms with Crippen molar-refractivity contribution in [2.75, 3.05) is 0 Å². The molecule has 0 fully saturated rings. The van der Waals surface area contributed by atoms with Crippen LogP contribution in [0.1, 0.15) is 30.5 Å². The molecule has 2 N–H and O–H groups in total. The highest BCUT2D eigenvalue weighted by atomic mass is 14.7. The lowest BCUT2D eigenvalue weighted by Crippen LogP contribution is -2.34.